The Kier molecular flexibility index (Phi) is 4.43. The lowest BCUT2D eigenvalue weighted by Gasteiger charge is -2.17. The van der Waals surface area contributed by atoms with Crippen molar-refractivity contribution in [3.8, 4) is 0 Å². The van der Waals surface area contributed by atoms with Crippen molar-refractivity contribution in [2.24, 2.45) is 5.73 Å². The maximum Gasteiger partial charge on any atom is 0.0875 e. The van der Waals surface area contributed by atoms with Gasteiger partial charge in [-0.2, -0.15) is 0 Å². The summed E-state index contributed by atoms with van der Waals surface area (Å²) in [5.74, 6) is 0. The van der Waals surface area contributed by atoms with Crippen LogP contribution < -0.4 is 5.73 Å². The Balaban J connectivity index is 2.41. The zero-order valence-electron chi connectivity index (χ0n) is 10.8. The average molecular weight is 311 g/mol. The van der Waals surface area contributed by atoms with Gasteiger partial charge in [0.1, 0.15) is 0 Å². The molecule has 2 N–H and O–H groups in total. The third-order valence-corrected chi connectivity index (χ3v) is 4.21. The Hall–Kier alpha value is -0.840. The van der Waals surface area contributed by atoms with Crippen LogP contribution in [0.15, 0.2) is 28.7 Å². The number of nitrogens with zero attached hydrogens (tertiary/aromatic N) is 1. The van der Waals surface area contributed by atoms with Crippen molar-refractivity contribution in [2.45, 2.75) is 26.5 Å². The summed E-state index contributed by atoms with van der Waals surface area (Å²) in [4.78, 5) is 0. The summed E-state index contributed by atoms with van der Waals surface area (Å²) in [6.45, 7) is 6.14. The molecule has 0 spiro atoms. The number of benzene rings is 1. The minimum atomic E-state index is 0.0661. The molecule has 0 aliphatic heterocycles. The van der Waals surface area contributed by atoms with Crippen LogP contribution in [-0.2, 0) is 11.3 Å². The lowest BCUT2D eigenvalue weighted by Crippen LogP contribution is -2.29. The Labute approximate surface area is 116 Å². The number of halogens is 1. The summed E-state index contributed by atoms with van der Waals surface area (Å²) in [5.41, 5.74) is 8.20. The molecule has 2 rings (SSSR count). The molecule has 1 unspecified atom stereocenters. The largest absolute Gasteiger partial charge is 0.375 e. The first kappa shape index (κ1) is 13.6. The van der Waals surface area contributed by atoms with Crippen molar-refractivity contribution < 1.29 is 4.74 Å². The second kappa shape index (κ2) is 5.87. The Bertz CT molecular complexity index is 536. The van der Waals surface area contributed by atoms with Crippen LogP contribution in [-0.4, -0.2) is 23.8 Å². The quantitative estimate of drug-likeness (QED) is 0.922. The molecule has 0 aliphatic rings. The Morgan fingerprint density at radius 2 is 2.11 bits per heavy atom. The van der Waals surface area contributed by atoms with E-state index in [2.05, 4.69) is 51.7 Å². The Morgan fingerprint density at radius 1 is 1.39 bits per heavy atom. The molecule has 0 radical (unpaired) electrons. The third-order valence-electron chi connectivity index (χ3n) is 3.21. The van der Waals surface area contributed by atoms with Crippen LogP contribution in [0.3, 0.4) is 0 Å². The normalized spacial score (nSPS) is 13.1. The molecule has 0 bridgehead atoms. The fraction of sp³-hybridized carbons (Fsp3) is 0.429. The summed E-state index contributed by atoms with van der Waals surface area (Å²) >= 11 is 3.66. The molecular formula is C14H19BrN2O. The van der Waals surface area contributed by atoms with Crippen LogP contribution in [0.2, 0.25) is 0 Å². The number of hydrogen-bond acceptors (Lipinski definition) is 2. The maximum atomic E-state index is 5.76. The van der Waals surface area contributed by atoms with Crippen molar-refractivity contribution in [3.05, 3.63) is 34.4 Å². The minimum absolute atomic E-state index is 0.0661. The third kappa shape index (κ3) is 2.46. The number of hydrogen-bond donors (Lipinski definition) is 1. The van der Waals surface area contributed by atoms with Crippen molar-refractivity contribution >= 4 is 26.8 Å². The van der Waals surface area contributed by atoms with E-state index >= 15 is 0 Å². The van der Waals surface area contributed by atoms with E-state index in [0.29, 0.717) is 13.2 Å². The van der Waals surface area contributed by atoms with Gasteiger partial charge in [0.2, 0.25) is 0 Å². The van der Waals surface area contributed by atoms with Gasteiger partial charge in [-0.05, 0) is 35.8 Å². The van der Waals surface area contributed by atoms with Gasteiger partial charge in [0.15, 0.2) is 0 Å². The lowest BCUT2D eigenvalue weighted by atomic mass is 10.2. The van der Waals surface area contributed by atoms with Crippen molar-refractivity contribution in [1.82, 2.24) is 4.57 Å². The lowest BCUT2D eigenvalue weighted by molar-refractivity contribution is 0.0572. The highest BCUT2D eigenvalue weighted by molar-refractivity contribution is 9.10. The molecule has 2 aromatic rings. The van der Waals surface area contributed by atoms with E-state index in [-0.39, 0.29) is 6.10 Å². The number of para-hydroxylation sites is 1. The zero-order chi connectivity index (χ0) is 13.1. The van der Waals surface area contributed by atoms with Crippen LogP contribution in [0.1, 0.15) is 12.6 Å². The molecule has 0 amide bonds. The molecule has 98 valence electrons. The van der Waals surface area contributed by atoms with Gasteiger partial charge in [0, 0.05) is 34.2 Å². The van der Waals surface area contributed by atoms with Crippen LogP contribution in [0, 0.1) is 6.92 Å². The first-order valence-electron chi connectivity index (χ1n) is 6.24. The summed E-state index contributed by atoms with van der Waals surface area (Å²) in [5, 5.41) is 1.24. The van der Waals surface area contributed by atoms with Gasteiger partial charge in [0.25, 0.3) is 0 Å². The Morgan fingerprint density at radius 3 is 2.78 bits per heavy atom. The summed E-state index contributed by atoms with van der Waals surface area (Å²) in [7, 11) is 0. The van der Waals surface area contributed by atoms with E-state index < -0.39 is 0 Å². The molecule has 0 fully saturated rings. The highest BCUT2D eigenvalue weighted by Crippen LogP contribution is 2.30. The predicted octanol–water partition coefficient (Wildman–Crippen LogP) is 3.08. The summed E-state index contributed by atoms with van der Waals surface area (Å²) in [6.07, 6.45) is 0.0661. The first-order valence-corrected chi connectivity index (χ1v) is 7.03. The number of rotatable bonds is 5. The molecule has 0 saturated heterocycles. The minimum Gasteiger partial charge on any atom is -0.375 e. The molecule has 1 atom stereocenters. The zero-order valence-corrected chi connectivity index (χ0v) is 12.4. The van der Waals surface area contributed by atoms with Crippen LogP contribution in [0.5, 0.6) is 0 Å². The average Bonchev–Trinajstić information content (AvgIpc) is 2.64. The standard InChI is InChI=1S/C14H19BrN2O/c1-3-18-11(8-16)9-17-10(2)14(15)12-6-4-5-7-13(12)17/h4-7,11H,3,8-9,16H2,1-2H3. The van der Waals surface area contributed by atoms with Crippen LogP contribution in [0.25, 0.3) is 10.9 Å². The molecular weight excluding hydrogens is 292 g/mol. The maximum absolute atomic E-state index is 5.76. The van der Waals surface area contributed by atoms with Gasteiger partial charge < -0.3 is 15.0 Å². The SMILES string of the molecule is CCOC(CN)Cn1c(C)c(Br)c2ccccc21. The number of nitrogens with two attached hydrogens (primary N) is 1. The molecule has 1 aromatic heterocycles. The van der Waals surface area contributed by atoms with Gasteiger partial charge in [0.05, 0.1) is 12.6 Å². The van der Waals surface area contributed by atoms with Crippen LogP contribution >= 0.6 is 15.9 Å². The van der Waals surface area contributed by atoms with Gasteiger partial charge in [-0.3, -0.25) is 0 Å². The van der Waals surface area contributed by atoms with E-state index in [0.717, 1.165) is 11.0 Å². The van der Waals surface area contributed by atoms with Crippen molar-refractivity contribution in [2.75, 3.05) is 13.2 Å². The highest BCUT2D eigenvalue weighted by Gasteiger charge is 2.15. The molecule has 18 heavy (non-hydrogen) atoms. The van der Waals surface area contributed by atoms with Crippen molar-refractivity contribution in [3.63, 3.8) is 0 Å². The first-order chi connectivity index (χ1) is 8.69. The number of fused-ring (bicyclic) bond motifs is 1. The monoisotopic (exact) mass is 310 g/mol. The molecule has 0 saturated carbocycles. The predicted molar refractivity (Wildman–Crippen MR) is 78.8 cm³/mol. The van der Waals surface area contributed by atoms with E-state index in [1.807, 2.05) is 6.92 Å². The second-order valence-corrected chi connectivity index (χ2v) is 5.13. The summed E-state index contributed by atoms with van der Waals surface area (Å²) < 4.78 is 9.08. The second-order valence-electron chi connectivity index (χ2n) is 4.34. The molecule has 1 aromatic carbocycles. The number of aromatic nitrogens is 1. The molecule has 3 nitrogen and oxygen atoms in total. The van der Waals surface area contributed by atoms with Gasteiger partial charge >= 0.3 is 0 Å². The van der Waals surface area contributed by atoms with E-state index in [9.17, 15) is 0 Å². The van der Waals surface area contributed by atoms with Gasteiger partial charge in [-0.15, -0.1) is 0 Å². The molecule has 4 heteroatoms. The fourth-order valence-electron chi connectivity index (χ4n) is 2.26. The molecule has 1 heterocycles. The van der Waals surface area contributed by atoms with Gasteiger partial charge in [-0.25, -0.2) is 0 Å². The number of ether oxygens (including phenoxy) is 1. The van der Waals surface area contributed by atoms with E-state index in [1.165, 1.54) is 16.6 Å². The van der Waals surface area contributed by atoms with E-state index in [1.54, 1.807) is 0 Å². The summed E-state index contributed by atoms with van der Waals surface area (Å²) in [6, 6.07) is 8.37. The van der Waals surface area contributed by atoms with Gasteiger partial charge in [-0.1, -0.05) is 18.2 Å². The smallest absolute Gasteiger partial charge is 0.0875 e. The van der Waals surface area contributed by atoms with Crippen molar-refractivity contribution in [1.29, 1.82) is 0 Å². The van der Waals surface area contributed by atoms with Crippen LogP contribution in [0.4, 0.5) is 0 Å². The van der Waals surface area contributed by atoms with E-state index in [4.69, 9.17) is 10.5 Å². The molecule has 0 aliphatic carbocycles. The highest BCUT2D eigenvalue weighted by atomic mass is 79.9. The topological polar surface area (TPSA) is 40.2 Å². The fourth-order valence-corrected chi connectivity index (χ4v) is 2.81.